The fourth-order valence-electron chi connectivity index (χ4n) is 2.17. The van der Waals surface area contributed by atoms with Crippen LogP contribution in [0.1, 0.15) is 46.0 Å². The largest absolute Gasteiger partial charge is 0.329 e. The Morgan fingerprint density at radius 1 is 1.33 bits per heavy atom. The maximum Gasteiger partial charge on any atom is 0.0625 e. The van der Waals surface area contributed by atoms with Gasteiger partial charge in [0.15, 0.2) is 0 Å². The lowest BCUT2D eigenvalue weighted by atomic mass is 10.0. The number of aryl methyl sites for hydroxylation is 2. The van der Waals surface area contributed by atoms with E-state index in [2.05, 4.69) is 55.4 Å². The van der Waals surface area contributed by atoms with Gasteiger partial charge in [0.1, 0.15) is 0 Å². The predicted molar refractivity (Wildman–Crippen MR) is 76.5 cm³/mol. The quantitative estimate of drug-likeness (QED) is 0.807. The summed E-state index contributed by atoms with van der Waals surface area (Å²) in [5.41, 5.74) is 8.37. The lowest BCUT2D eigenvalue weighted by molar-refractivity contribution is 0.122. The van der Waals surface area contributed by atoms with Crippen LogP contribution in [0.3, 0.4) is 0 Å². The first-order valence-electron chi connectivity index (χ1n) is 6.99. The third-order valence-corrected chi connectivity index (χ3v) is 3.67. The molecule has 0 bridgehead atoms. The van der Waals surface area contributed by atoms with E-state index in [-0.39, 0.29) is 5.54 Å². The van der Waals surface area contributed by atoms with Gasteiger partial charge in [-0.15, -0.1) is 0 Å². The summed E-state index contributed by atoms with van der Waals surface area (Å²) in [6.07, 6.45) is 0.992. The van der Waals surface area contributed by atoms with Gasteiger partial charge in [-0.05, 0) is 39.8 Å². The summed E-state index contributed by atoms with van der Waals surface area (Å²) in [6.45, 7) is 14.4. The standard InChI is InChI=1S/C14H28N4/c1-6-12-9-13(18(8-3)16-12)10-17(7-2)14(4,5)11-15/h9H,6-8,10-11,15H2,1-5H3. The van der Waals surface area contributed by atoms with E-state index >= 15 is 0 Å². The first-order chi connectivity index (χ1) is 8.48. The Hall–Kier alpha value is -0.870. The summed E-state index contributed by atoms with van der Waals surface area (Å²) in [5, 5.41) is 4.60. The van der Waals surface area contributed by atoms with Crippen molar-refractivity contribution in [3.63, 3.8) is 0 Å². The van der Waals surface area contributed by atoms with E-state index in [9.17, 15) is 0 Å². The van der Waals surface area contributed by atoms with E-state index < -0.39 is 0 Å². The van der Waals surface area contributed by atoms with Crippen molar-refractivity contribution < 1.29 is 0 Å². The minimum atomic E-state index is 0.0317. The van der Waals surface area contributed by atoms with Crippen LogP contribution in [-0.2, 0) is 19.5 Å². The van der Waals surface area contributed by atoms with Crippen LogP contribution in [0.15, 0.2) is 6.07 Å². The third kappa shape index (κ3) is 3.33. The molecule has 0 unspecified atom stereocenters. The van der Waals surface area contributed by atoms with Gasteiger partial charge in [0.2, 0.25) is 0 Å². The first kappa shape index (κ1) is 15.2. The van der Waals surface area contributed by atoms with Gasteiger partial charge in [0.25, 0.3) is 0 Å². The Morgan fingerprint density at radius 3 is 2.44 bits per heavy atom. The molecule has 1 aromatic rings. The molecule has 0 aliphatic heterocycles. The molecule has 2 N–H and O–H groups in total. The van der Waals surface area contributed by atoms with E-state index in [0.717, 1.165) is 26.1 Å². The number of nitrogens with two attached hydrogens (primary N) is 1. The fraction of sp³-hybridized carbons (Fsp3) is 0.786. The number of aromatic nitrogens is 2. The Bertz CT molecular complexity index is 368. The highest BCUT2D eigenvalue weighted by molar-refractivity contribution is 5.11. The van der Waals surface area contributed by atoms with Gasteiger partial charge in [-0.2, -0.15) is 5.10 Å². The molecule has 0 fully saturated rings. The van der Waals surface area contributed by atoms with Crippen molar-refractivity contribution in [2.24, 2.45) is 5.73 Å². The van der Waals surface area contributed by atoms with E-state index in [1.807, 2.05) is 0 Å². The van der Waals surface area contributed by atoms with Crippen LogP contribution in [0.2, 0.25) is 0 Å². The molecule has 4 nitrogen and oxygen atoms in total. The van der Waals surface area contributed by atoms with E-state index in [0.29, 0.717) is 6.54 Å². The Morgan fingerprint density at radius 2 is 2.00 bits per heavy atom. The number of likely N-dealkylation sites (N-methyl/N-ethyl adjacent to an activating group) is 1. The summed E-state index contributed by atoms with van der Waals surface area (Å²) in [7, 11) is 0. The van der Waals surface area contributed by atoms with E-state index in [1.165, 1.54) is 11.4 Å². The third-order valence-electron chi connectivity index (χ3n) is 3.67. The van der Waals surface area contributed by atoms with Gasteiger partial charge >= 0.3 is 0 Å². The van der Waals surface area contributed by atoms with Crippen molar-refractivity contribution in [2.45, 2.75) is 59.7 Å². The molecule has 0 radical (unpaired) electrons. The molecule has 1 rings (SSSR count). The maximum absolute atomic E-state index is 5.87. The molecule has 0 saturated carbocycles. The maximum atomic E-state index is 5.87. The predicted octanol–water partition coefficient (Wildman–Crippen LogP) is 2.02. The zero-order chi connectivity index (χ0) is 13.8. The molecule has 0 aromatic carbocycles. The second kappa shape index (κ2) is 6.34. The highest BCUT2D eigenvalue weighted by atomic mass is 15.3. The van der Waals surface area contributed by atoms with Crippen molar-refractivity contribution in [3.8, 4) is 0 Å². The number of hydrogen-bond donors (Lipinski definition) is 1. The molecular weight excluding hydrogens is 224 g/mol. The van der Waals surface area contributed by atoms with Crippen LogP contribution in [0.4, 0.5) is 0 Å². The number of rotatable bonds is 7. The van der Waals surface area contributed by atoms with Crippen molar-refractivity contribution in [1.82, 2.24) is 14.7 Å². The van der Waals surface area contributed by atoms with Gasteiger partial charge in [-0.1, -0.05) is 13.8 Å². The average molecular weight is 252 g/mol. The van der Waals surface area contributed by atoms with Crippen LogP contribution in [0, 0.1) is 0 Å². The normalized spacial score (nSPS) is 12.4. The molecule has 104 valence electrons. The SMILES string of the molecule is CCc1cc(CN(CC)C(C)(C)CN)n(CC)n1. The number of hydrogen-bond acceptors (Lipinski definition) is 3. The molecule has 0 saturated heterocycles. The zero-order valence-corrected chi connectivity index (χ0v) is 12.5. The molecule has 0 aliphatic carbocycles. The van der Waals surface area contributed by atoms with Gasteiger partial charge in [0, 0.05) is 25.2 Å². The summed E-state index contributed by atoms with van der Waals surface area (Å²) >= 11 is 0. The average Bonchev–Trinajstić information content (AvgIpc) is 2.77. The second-order valence-corrected chi connectivity index (χ2v) is 5.33. The van der Waals surface area contributed by atoms with Crippen LogP contribution in [0.5, 0.6) is 0 Å². The van der Waals surface area contributed by atoms with Crippen molar-refractivity contribution in [2.75, 3.05) is 13.1 Å². The molecule has 0 amide bonds. The van der Waals surface area contributed by atoms with Gasteiger partial charge in [-0.3, -0.25) is 9.58 Å². The Labute approximate surface area is 111 Å². The highest BCUT2D eigenvalue weighted by Gasteiger charge is 2.24. The van der Waals surface area contributed by atoms with Crippen LogP contribution in [0.25, 0.3) is 0 Å². The lowest BCUT2D eigenvalue weighted by Crippen LogP contribution is -2.48. The summed E-state index contributed by atoms with van der Waals surface area (Å²) in [6, 6.07) is 2.22. The molecule has 0 aliphatic rings. The molecule has 18 heavy (non-hydrogen) atoms. The lowest BCUT2D eigenvalue weighted by Gasteiger charge is -2.37. The monoisotopic (exact) mass is 252 g/mol. The Kier molecular flexibility index (Phi) is 5.35. The van der Waals surface area contributed by atoms with Crippen LogP contribution >= 0.6 is 0 Å². The van der Waals surface area contributed by atoms with Gasteiger partial charge in [0.05, 0.1) is 11.4 Å². The van der Waals surface area contributed by atoms with E-state index in [4.69, 9.17) is 5.73 Å². The molecule has 0 spiro atoms. The van der Waals surface area contributed by atoms with Gasteiger partial charge < -0.3 is 5.73 Å². The zero-order valence-electron chi connectivity index (χ0n) is 12.5. The summed E-state index contributed by atoms with van der Waals surface area (Å²) in [5.74, 6) is 0. The first-order valence-corrected chi connectivity index (χ1v) is 6.99. The van der Waals surface area contributed by atoms with Gasteiger partial charge in [-0.25, -0.2) is 0 Å². The van der Waals surface area contributed by atoms with Crippen molar-refractivity contribution >= 4 is 0 Å². The summed E-state index contributed by atoms with van der Waals surface area (Å²) < 4.78 is 2.11. The van der Waals surface area contributed by atoms with Crippen LogP contribution < -0.4 is 5.73 Å². The molecule has 1 aromatic heterocycles. The minimum Gasteiger partial charge on any atom is -0.329 e. The summed E-state index contributed by atoms with van der Waals surface area (Å²) in [4.78, 5) is 2.41. The topological polar surface area (TPSA) is 47.1 Å². The molecule has 0 atom stereocenters. The van der Waals surface area contributed by atoms with Crippen LogP contribution in [-0.4, -0.2) is 33.3 Å². The molecule has 1 heterocycles. The second-order valence-electron chi connectivity index (χ2n) is 5.33. The fourth-order valence-corrected chi connectivity index (χ4v) is 2.17. The van der Waals surface area contributed by atoms with E-state index in [1.54, 1.807) is 0 Å². The highest BCUT2D eigenvalue weighted by Crippen LogP contribution is 2.17. The van der Waals surface area contributed by atoms with Crippen molar-refractivity contribution in [3.05, 3.63) is 17.5 Å². The molecular formula is C14H28N4. The number of nitrogens with zero attached hydrogens (tertiary/aromatic N) is 3. The smallest absolute Gasteiger partial charge is 0.0625 e. The van der Waals surface area contributed by atoms with Crippen molar-refractivity contribution in [1.29, 1.82) is 0 Å². The minimum absolute atomic E-state index is 0.0317. The Balaban J connectivity index is 2.90. The molecule has 4 heteroatoms.